The number of fused-ring (bicyclic) bond motifs is 1. The van der Waals surface area contributed by atoms with E-state index in [1.54, 1.807) is 0 Å². The molecule has 0 unspecified atom stereocenters. The normalized spacial score (nSPS) is 8.78. The van der Waals surface area contributed by atoms with Gasteiger partial charge in [0.05, 0.1) is 12.1 Å². The zero-order chi connectivity index (χ0) is 14.0. The van der Waals surface area contributed by atoms with Crippen molar-refractivity contribution in [1.82, 2.24) is 4.98 Å². The average Bonchev–Trinajstić information content (AvgIpc) is 2.44. The molecule has 0 atom stereocenters. The second-order valence-electron chi connectivity index (χ2n) is 3.23. The molecule has 0 aliphatic rings. The van der Waals surface area contributed by atoms with E-state index in [0.717, 1.165) is 5.52 Å². The summed E-state index contributed by atoms with van der Waals surface area (Å²) in [6, 6.07) is 10.1. The Kier molecular flexibility index (Phi) is 8.63. The van der Waals surface area contributed by atoms with Crippen LogP contribution < -0.4 is 4.74 Å². The monoisotopic (exact) mass is 247 g/mol. The third-order valence-corrected chi connectivity index (χ3v) is 2.19. The lowest BCUT2D eigenvalue weighted by Gasteiger charge is -2.06. The van der Waals surface area contributed by atoms with Crippen molar-refractivity contribution < 1.29 is 4.74 Å². The third-order valence-electron chi connectivity index (χ3n) is 2.19. The fraction of sp³-hybridized carbons (Fsp3) is 0.438. The van der Waals surface area contributed by atoms with E-state index in [4.69, 9.17) is 4.74 Å². The maximum absolute atomic E-state index is 5.38. The van der Waals surface area contributed by atoms with Crippen molar-refractivity contribution in [2.75, 3.05) is 6.61 Å². The molecule has 0 radical (unpaired) electrons. The number of hydrogen-bond acceptors (Lipinski definition) is 2. The Morgan fingerprint density at radius 1 is 1.06 bits per heavy atom. The lowest BCUT2D eigenvalue weighted by atomic mass is 10.1. The predicted octanol–water partition coefficient (Wildman–Crippen LogP) is 4.99. The minimum atomic E-state index is 0.658. The summed E-state index contributed by atoms with van der Waals surface area (Å²) in [6.07, 6.45) is 0. The Morgan fingerprint density at radius 2 is 1.67 bits per heavy atom. The highest BCUT2D eigenvalue weighted by molar-refractivity contribution is 5.82. The zero-order valence-electron chi connectivity index (χ0n) is 12.4. The molecule has 0 N–H and O–H groups in total. The number of aromatic nitrogens is 1. The van der Waals surface area contributed by atoms with Crippen molar-refractivity contribution in [3.63, 3.8) is 0 Å². The summed E-state index contributed by atoms with van der Waals surface area (Å²) in [7, 11) is 0. The topological polar surface area (TPSA) is 22.1 Å². The summed E-state index contributed by atoms with van der Waals surface area (Å²) < 4.78 is 5.38. The lowest BCUT2D eigenvalue weighted by molar-refractivity contribution is 0.328. The van der Waals surface area contributed by atoms with Gasteiger partial charge in [0, 0.05) is 11.5 Å². The first-order valence-corrected chi connectivity index (χ1v) is 6.80. The van der Waals surface area contributed by atoms with Crippen LogP contribution in [0.1, 0.15) is 40.2 Å². The van der Waals surface area contributed by atoms with Crippen LogP contribution in [0.4, 0.5) is 0 Å². The minimum Gasteiger partial charge on any atom is -0.478 e. The molecule has 0 fully saturated rings. The van der Waals surface area contributed by atoms with E-state index in [1.807, 2.05) is 58.9 Å². The molecule has 2 aromatic rings. The summed E-state index contributed by atoms with van der Waals surface area (Å²) in [5.74, 6) is 0.712. The molecule has 0 amide bonds. The highest BCUT2D eigenvalue weighted by Crippen LogP contribution is 2.20. The number of para-hydroxylation sites is 1. The molecule has 18 heavy (non-hydrogen) atoms. The highest BCUT2D eigenvalue weighted by atomic mass is 16.5. The largest absolute Gasteiger partial charge is 0.478 e. The van der Waals surface area contributed by atoms with Crippen molar-refractivity contribution in [2.45, 2.75) is 41.5 Å². The summed E-state index contributed by atoms with van der Waals surface area (Å²) in [5, 5.41) is 1.19. The molecule has 2 nitrogen and oxygen atoms in total. The molecule has 0 aliphatic heterocycles. The van der Waals surface area contributed by atoms with E-state index in [2.05, 4.69) is 18.0 Å². The molecule has 1 aromatic heterocycles. The number of nitrogens with zero attached hydrogens (tertiary/aromatic N) is 1. The van der Waals surface area contributed by atoms with Gasteiger partial charge in [-0.3, -0.25) is 0 Å². The Hall–Kier alpha value is -1.57. The second kappa shape index (κ2) is 9.46. The van der Waals surface area contributed by atoms with Crippen molar-refractivity contribution in [2.24, 2.45) is 0 Å². The molecule has 1 heterocycles. The van der Waals surface area contributed by atoms with Crippen LogP contribution in [0.3, 0.4) is 0 Å². The molecule has 1 aromatic carbocycles. The first kappa shape index (κ1) is 16.4. The Morgan fingerprint density at radius 3 is 2.28 bits per heavy atom. The number of hydrogen-bond donors (Lipinski definition) is 0. The lowest BCUT2D eigenvalue weighted by Crippen LogP contribution is -1.95. The molecular formula is C16H25NO. The highest BCUT2D eigenvalue weighted by Gasteiger charge is 2.01. The molecule has 2 rings (SSSR count). The number of benzene rings is 1. The van der Waals surface area contributed by atoms with Crippen LogP contribution in [0.2, 0.25) is 0 Å². The van der Waals surface area contributed by atoms with Gasteiger partial charge in [0.1, 0.15) is 0 Å². The van der Waals surface area contributed by atoms with E-state index in [9.17, 15) is 0 Å². The molecule has 0 spiro atoms. The van der Waals surface area contributed by atoms with E-state index < -0.39 is 0 Å². The zero-order valence-corrected chi connectivity index (χ0v) is 12.4. The summed E-state index contributed by atoms with van der Waals surface area (Å²) in [4.78, 5) is 4.40. The summed E-state index contributed by atoms with van der Waals surface area (Å²) in [6.45, 7) is 12.7. The van der Waals surface area contributed by atoms with E-state index in [0.29, 0.717) is 12.5 Å². The third kappa shape index (κ3) is 4.36. The van der Waals surface area contributed by atoms with E-state index in [-0.39, 0.29) is 0 Å². The number of aryl methyl sites for hydroxylation is 1. The van der Waals surface area contributed by atoms with Gasteiger partial charge in [-0.05, 0) is 25.5 Å². The first-order chi connectivity index (χ1) is 8.81. The van der Waals surface area contributed by atoms with Crippen LogP contribution in [0.25, 0.3) is 10.9 Å². The van der Waals surface area contributed by atoms with Gasteiger partial charge in [0.15, 0.2) is 0 Å². The Bertz CT molecular complexity index is 452. The predicted molar refractivity (Wildman–Crippen MR) is 80.3 cm³/mol. The van der Waals surface area contributed by atoms with Gasteiger partial charge in [0.2, 0.25) is 5.88 Å². The Balaban J connectivity index is 0.000000659. The van der Waals surface area contributed by atoms with Gasteiger partial charge in [-0.2, -0.15) is 0 Å². The molecule has 0 aliphatic carbocycles. The van der Waals surface area contributed by atoms with Crippen LogP contribution in [0.5, 0.6) is 5.88 Å². The van der Waals surface area contributed by atoms with Crippen LogP contribution in [-0.4, -0.2) is 11.6 Å². The second-order valence-corrected chi connectivity index (χ2v) is 3.23. The van der Waals surface area contributed by atoms with E-state index in [1.165, 1.54) is 10.9 Å². The number of pyridine rings is 1. The van der Waals surface area contributed by atoms with Crippen molar-refractivity contribution in [3.05, 3.63) is 35.9 Å². The molecule has 0 saturated heterocycles. The van der Waals surface area contributed by atoms with Gasteiger partial charge >= 0.3 is 0 Å². The summed E-state index contributed by atoms with van der Waals surface area (Å²) >= 11 is 0. The molecule has 2 heteroatoms. The van der Waals surface area contributed by atoms with Gasteiger partial charge in [-0.1, -0.05) is 45.9 Å². The van der Waals surface area contributed by atoms with E-state index >= 15 is 0 Å². The maximum atomic E-state index is 5.38. The SMILES string of the molecule is CC.CC.CCOc1cc(C)c2ccccc2n1. The van der Waals surface area contributed by atoms with Crippen LogP contribution >= 0.6 is 0 Å². The van der Waals surface area contributed by atoms with Gasteiger partial charge in [0.25, 0.3) is 0 Å². The van der Waals surface area contributed by atoms with Gasteiger partial charge in [-0.25, -0.2) is 4.98 Å². The fourth-order valence-corrected chi connectivity index (χ4v) is 1.54. The molecule has 100 valence electrons. The maximum Gasteiger partial charge on any atom is 0.214 e. The van der Waals surface area contributed by atoms with Crippen molar-refractivity contribution >= 4 is 10.9 Å². The van der Waals surface area contributed by atoms with Crippen LogP contribution in [0.15, 0.2) is 30.3 Å². The molecular weight excluding hydrogens is 222 g/mol. The average molecular weight is 247 g/mol. The number of ether oxygens (including phenoxy) is 1. The van der Waals surface area contributed by atoms with Crippen molar-refractivity contribution in [1.29, 1.82) is 0 Å². The first-order valence-electron chi connectivity index (χ1n) is 6.80. The molecule has 0 bridgehead atoms. The smallest absolute Gasteiger partial charge is 0.214 e. The minimum absolute atomic E-state index is 0.658. The van der Waals surface area contributed by atoms with Crippen molar-refractivity contribution in [3.8, 4) is 5.88 Å². The van der Waals surface area contributed by atoms with Gasteiger partial charge < -0.3 is 4.74 Å². The molecule has 0 saturated carbocycles. The fourth-order valence-electron chi connectivity index (χ4n) is 1.54. The van der Waals surface area contributed by atoms with Crippen LogP contribution in [0, 0.1) is 6.92 Å². The summed E-state index contributed by atoms with van der Waals surface area (Å²) in [5.41, 5.74) is 2.20. The Labute approximate surface area is 111 Å². The van der Waals surface area contributed by atoms with Gasteiger partial charge in [-0.15, -0.1) is 0 Å². The quantitative estimate of drug-likeness (QED) is 0.745. The van der Waals surface area contributed by atoms with Crippen LogP contribution in [-0.2, 0) is 0 Å². The number of rotatable bonds is 2. The standard InChI is InChI=1S/C12H13NO.2C2H6/c1-3-14-12-8-9(2)10-6-4-5-7-11(10)13-12;2*1-2/h4-8H,3H2,1-2H3;2*1-2H3.